The zero-order valence-electron chi connectivity index (χ0n) is 29.9. The molecule has 0 spiro atoms. The van der Waals surface area contributed by atoms with Gasteiger partial charge in [0.15, 0.2) is 0 Å². The standard InChI is InChI=1S/C42H55N3O3/c1-26(2)30-14-19-42(45-35(46)24-29-25-43-22-23-44-29)21-20-40(6)32(36(30)42)12-13-34-39(5)17-15-31(27-8-10-28(11-9-27)37(47)48)38(3,4)33(39)16-18-41(34,40)7/h8-11,15,22-23,25,30,32-34,36H,1,12-14,16-21,24H2,2-7H3,(H,45,46)(H,47,48)/t30-,32+,33-,34+,36+,39-,40+,41+,42-/m0/s1. The maximum absolute atomic E-state index is 13.6. The van der Waals surface area contributed by atoms with Gasteiger partial charge in [0.1, 0.15) is 0 Å². The van der Waals surface area contributed by atoms with Crippen molar-refractivity contribution in [2.24, 2.45) is 51.2 Å². The molecule has 0 aliphatic heterocycles. The molecular weight excluding hydrogens is 594 g/mol. The highest BCUT2D eigenvalue weighted by molar-refractivity contribution is 5.88. The van der Waals surface area contributed by atoms with Gasteiger partial charge in [-0.25, -0.2) is 4.79 Å². The summed E-state index contributed by atoms with van der Waals surface area (Å²) in [6, 6.07) is 7.54. The number of hydrogen-bond acceptors (Lipinski definition) is 4. The maximum Gasteiger partial charge on any atom is 0.335 e. The molecule has 1 amide bonds. The monoisotopic (exact) mass is 649 g/mol. The number of nitrogens with one attached hydrogen (secondary N) is 1. The first-order chi connectivity index (χ1) is 22.7. The molecule has 0 bridgehead atoms. The molecule has 9 atom stereocenters. The molecular formula is C42H55N3O3. The van der Waals surface area contributed by atoms with Crippen molar-refractivity contribution in [3.8, 4) is 0 Å². The molecule has 6 heteroatoms. The minimum Gasteiger partial charge on any atom is -0.478 e. The van der Waals surface area contributed by atoms with E-state index in [1.54, 1.807) is 30.7 Å². The number of aromatic carboxylic acids is 1. The molecule has 0 unspecified atom stereocenters. The Morgan fingerprint density at radius 3 is 2.33 bits per heavy atom. The van der Waals surface area contributed by atoms with E-state index in [-0.39, 0.29) is 39.5 Å². The van der Waals surface area contributed by atoms with Crippen molar-refractivity contribution < 1.29 is 14.7 Å². The van der Waals surface area contributed by atoms with Crippen LogP contribution in [-0.4, -0.2) is 32.5 Å². The number of aromatic nitrogens is 2. The van der Waals surface area contributed by atoms with Crippen LogP contribution in [0, 0.1) is 51.2 Å². The molecule has 48 heavy (non-hydrogen) atoms. The molecule has 5 aliphatic carbocycles. The topological polar surface area (TPSA) is 92.2 Å². The Kier molecular flexibility index (Phi) is 7.88. The van der Waals surface area contributed by atoms with Gasteiger partial charge in [0.05, 0.1) is 17.7 Å². The fourth-order valence-corrected chi connectivity index (χ4v) is 13.2. The van der Waals surface area contributed by atoms with Crippen molar-refractivity contribution in [1.82, 2.24) is 15.3 Å². The number of carbonyl (C=O) groups is 2. The number of benzene rings is 1. The van der Waals surface area contributed by atoms with Crippen molar-refractivity contribution in [2.75, 3.05) is 0 Å². The third kappa shape index (κ3) is 4.78. The second-order valence-electron chi connectivity index (χ2n) is 17.7. The summed E-state index contributed by atoms with van der Waals surface area (Å²) in [6.07, 6.45) is 18.1. The molecule has 2 N–H and O–H groups in total. The Labute approximate surface area is 287 Å². The van der Waals surface area contributed by atoms with Gasteiger partial charge in [-0.05, 0) is 139 Å². The highest BCUT2D eigenvalue weighted by Gasteiger charge is 2.70. The van der Waals surface area contributed by atoms with Gasteiger partial charge >= 0.3 is 5.97 Å². The van der Waals surface area contributed by atoms with Gasteiger partial charge in [0, 0.05) is 24.1 Å². The zero-order valence-corrected chi connectivity index (χ0v) is 29.9. The number of fused-ring (bicyclic) bond motifs is 7. The van der Waals surface area contributed by atoms with Gasteiger partial charge in [-0.3, -0.25) is 14.8 Å². The molecule has 4 fully saturated rings. The van der Waals surface area contributed by atoms with Crippen LogP contribution in [0.5, 0.6) is 0 Å². The minimum absolute atomic E-state index is 0.0115. The Balaban J connectivity index is 1.20. The second kappa shape index (κ2) is 11.4. The number of carboxylic acid groups (broad SMARTS) is 1. The van der Waals surface area contributed by atoms with Gasteiger partial charge in [0.2, 0.25) is 5.91 Å². The number of carboxylic acids is 1. The van der Waals surface area contributed by atoms with Crippen LogP contribution in [0.3, 0.4) is 0 Å². The minimum atomic E-state index is -0.877. The van der Waals surface area contributed by atoms with Crippen LogP contribution in [0.25, 0.3) is 5.57 Å². The average molecular weight is 650 g/mol. The highest BCUT2D eigenvalue weighted by atomic mass is 16.4. The lowest BCUT2D eigenvalue weighted by Crippen LogP contribution is -2.68. The van der Waals surface area contributed by atoms with Gasteiger partial charge in [0.25, 0.3) is 0 Å². The molecule has 0 radical (unpaired) electrons. The lowest BCUT2D eigenvalue weighted by Gasteiger charge is -2.72. The van der Waals surface area contributed by atoms with Crippen LogP contribution >= 0.6 is 0 Å². The summed E-state index contributed by atoms with van der Waals surface area (Å²) in [4.78, 5) is 33.7. The predicted molar refractivity (Wildman–Crippen MR) is 190 cm³/mol. The largest absolute Gasteiger partial charge is 0.478 e. The predicted octanol–water partition coefficient (Wildman–Crippen LogP) is 8.94. The summed E-state index contributed by atoms with van der Waals surface area (Å²) in [5.74, 6) is 1.77. The van der Waals surface area contributed by atoms with Crippen LogP contribution < -0.4 is 5.32 Å². The number of allylic oxidation sites excluding steroid dienone is 3. The molecule has 1 aromatic carbocycles. The first kappa shape index (κ1) is 33.2. The van der Waals surface area contributed by atoms with Gasteiger partial charge in [-0.15, -0.1) is 0 Å². The smallest absolute Gasteiger partial charge is 0.335 e. The summed E-state index contributed by atoms with van der Waals surface area (Å²) in [7, 11) is 0. The molecule has 7 rings (SSSR count). The summed E-state index contributed by atoms with van der Waals surface area (Å²) in [5.41, 5.74) is 5.28. The molecule has 2 aromatic rings. The van der Waals surface area contributed by atoms with E-state index in [2.05, 4.69) is 69.5 Å². The summed E-state index contributed by atoms with van der Waals surface area (Å²) in [6.45, 7) is 19.5. The number of amides is 1. The van der Waals surface area contributed by atoms with Crippen molar-refractivity contribution in [1.29, 1.82) is 0 Å². The third-order valence-electron chi connectivity index (χ3n) is 15.4. The molecule has 256 valence electrons. The summed E-state index contributed by atoms with van der Waals surface area (Å²) < 4.78 is 0. The van der Waals surface area contributed by atoms with Crippen LogP contribution in [0.15, 0.2) is 61.1 Å². The van der Waals surface area contributed by atoms with Gasteiger partial charge < -0.3 is 10.4 Å². The molecule has 5 aliphatic rings. The molecule has 6 nitrogen and oxygen atoms in total. The van der Waals surface area contributed by atoms with Crippen LogP contribution in [0.1, 0.15) is 121 Å². The van der Waals surface area contributed by atoms with E-state index in [1.807, 2.05) is 12.1 Å². The quantitative estimate of drug-likeness (QED) is 0.305. The molecule has 1 heterocycles. The first-order valence-corrected chi connectivity index (χ1v) is 18.4. The lowest BCUT2D eigenvalue weighted by molar-refractivity contribution is -0.219. The normalized spacial score (nSPS) is 39.5. The fourth-order valence-electron chi connectivity index (χ4n) is 13.2. The van der Waals surface area contributed by atoms with Crippen molar-refractivity contribution in [3.05, 3.63) is 77.9 Å². The van der Waals surface area contributed by atoms with Crippen LogP contribution in [-0.2, 0) is 11.2 Å². The van der Waals surface area contributed by atoms with Crippen LogP contribution in [0.4, 0.5) is 0 Å². The number of nitrogens with zero attached hydrogens (tertiary/aromatic N) is 2. The summed E-state index contributed by atoms with van der Waals surface area (Å²) in [5, 5.41) is 13.1. The van der Waals surface area contributed by atoms with Crippen LogP contribution in [0.2, 0.25) is 0 Å². The van der Waals surface area contributed by atoms with Crippen molar-refractivity contribution in [2.45, 2.75) is 111 Å². The SMILES string of the molecule is C=C(C)[C@@H]1CC[C@]2(NC(=O)Cc3cnccn3)CC[C@]3(C)[C@H](CC[C@@H]4[C@@]5(C)CC=C(c6ccc(C(=O)O)cc6)C(C)(C)[C@@H]5CC[C@]43C)[C@@H]12. The number of hydrogen-bond donors (Lipinski definition) is 2. The second-order valence-corrected chi connectivity index (χ2v) is 17.7. The van der Waals surface area contributed by atoms with E-state index < -0.39 is 5.97 Å². The zero-order chi connectivity index (χ0) is 34.3. The van der Waals surface area contributed by atoms with Gasteiger partial charge in [-0.2, -0.15) is 0 Å². The Morgan fingerprint density at radius 2 is 1.67 bits per heavy atom. The van der Waals surface area contributed by atoms with E-state index in [9.17, 15) is 14.7 Å². The van der Waals surface area contributed by atoms with E-state index in [0.717, 1.165) is 43.4 Å². The lowest BCUT2D eigenvalue weighted by atomic mass is 9.33. The van der Waals surface area contributed by atoms with E-state index in [1.165, 1.54) is 36.8 Å². The Hall–Kier alpha value is -3.28. The number of carbonyl (C=O) groups excluding carboxylic acids is 1. The molecule has 1 aromatic heterocycles. The van der Waals surface area contributed by atoms with E-state index in [4.69, 9.17) is 0 Å². The Bertz CT molecular complexity index is 1650. The third-order valence-corrected chi connectivity index (χ3v) is 15.4. The fraction of sp³-hybridized carbons (Fsp3) is 0.619. The average Bonchev–Trinajstić information content (AvgIpc) is 3.41. The van der Waals surface area contributed by atoms with Crippen molar-refractivity contribution in [3.63, 3.8) is 0 Å². The Morgan fingerprint density at radius 1 is 0.917 bits per heavy atom. The van der Waals surface area contributed by atoms with Gasteiger partial charge in [-0.1, -0.05) is 65.0 Å². The van der Waals surface area contributed by atoms with Crippen molar-refractivity contribution >= 4 is 17.4 Å². The van der Waals surface area contributed by atoms with E-state index >= 15 is 0 Å². The molecule has 4 saturated carbocycles. The highest BCUT2D eigenvalue weighted by Crippen LogP contribution is 2.76. The molecule has 0 saturated heterocycles. The number of rotatable bonds is 6. The van der Waals surface area contributed by atoms with E-state index in [0.29, 0.717) is 35.2 Å². The summed E-state index contributed by atoms with van der Waals surface area (Å²) >= 11 is 0. The first-order valence-electron chi connectivity index (χ1n) is 18.4. The maximum atomic E-state index is 13.6.